The van der Waals surface area contributed by atoms with E-state index in [1.54, 1.807) is 0 Å². The molecule has 1 aliphatic rings. The first-order valence-corrected chi connectivity index (χ1v) is 6.16. The van der Waals surface area contributed by atoms with Crippen LogP contribution in [0, 0.1) is 0 Å². The van der Waals surface area contributed by atoms with Crippen molar-refractivity contribution in [3.05, 3.63) is 11.7 Å². The molecule has 2 heterocycles. The fourth-order valence-corrected chi connectivity index (χ4v) is 2.21. The number of Topliss-reactive ketones (excluding diaryl/α,β-unsaturated/α-hetero) is 1. The largest absolute Gasteiger partial charge is 0.339 e. The molecule has 0 saturated carbocycles. The van der Waals surface area contributed by atoms with Crippen LogP contribution in [0.15, 0.2) is 4.52 Å². The van der Waals surface area contributed by atoms with Crippen LogP contribution in [0.5, 0.6) is 0 Å². The average molecular weight is 237 g/mol. The van der Waals surface area contributed by atoms with E-state index in [2.05, 4.69) is 28.9 Å². The first kappa shape index (κ1) is 12.2. The van der Waals surface area contributed by atoms with E-state index < -0.39 is 0 Å². The number of piperidine rings is 1. The second kappa shape index (κ2) is 4.96. The molecule has 1 saturated heterocycles. The maximum absolute atomic E-state index is 11.1. The average Bonchev–Trinajstić information content (AvgIpc) is 2.78. The van der Waals surface area contributed by atoms with E-state index in [1.165, 1.54) is 6.92 Å². The molecule has 1 aliphatic heterocycles. The molecule has 94 valence electrons. The number of carbonyl (C=O) groups excluding carboxylic acids is 1. The summed E-state index contributed by atoms with van der Waals surface area (Å²) in [4.78, 5) is 17.7. The highest BCUT2D eigenvalue weighted by Gasteiger charge is 2.26. The number of ketones is 1. The molecule has 2 rings (SSSR count). The minimum Gasteiger partial charge on any atom is -0.339 e. The number of hydrogen-bond acceptors (Lipinski definition) is 5. The van der Waals surface area contributed by atoms with Crippen molar-refractivity contribution in [2.24, 2.45) is 0 Å². The molecule has 17 heavy (non-hydrogen) atoms. The lowest BCUT2D eigenvalue weighted by atomic mass is 9.96. The molecule has 5 heteroatoms. The van der Waals surface area contributed by atoms with Crippen LogP contribution in [0.4, 0.5) is 0 Å². The van der Waals surface area contributed by atoms with E-state index in [4.69, 9.17) is 4.52 Å². The minimum atomic E-state index is -0.139. The monoisotopic (exact) mass is 237 g/mol. The summed E-state index contributed by atoms with van der Waals surface area (Å²) in [7, 11) is 0. The zero-order chi connectivity index (χ0) is 12.4. The second-order valence-corrected chi connectivity index (χ2v) is 4.92. The lowest BCUT2D eigenvalue weighted by Gasteiger charge is -2.33. The van der Waals surface area contributed by atoms with Gasteiger partial charge in [-0.15, -0.1) is 0 Å². The SMILES string of the molecule is CC(=O)c1noc(C2CCN(C(C)C)CC2)n1. The Labute approximate surface area is 101 Å². The van der Waals surface area contributed by atoms with Gasteiger partial charge in [-0.25, -0.2) is 0 Å². The second-order valence-electron chi connectivity index (χ2n) is 4.92. The quantitative estimate of drug-likeness (QED) is 0.751. The topological polar surface area (TPSA) is 59.2 Å². The molecule has 0 aliphatic carbocycles. The van der Waals surface area contributed by atoms with Gasteiger partial charge < -0.3 is 9.42 Å². The Kier molecular flexibility index (Phi) is 3.57. The van der Waals surface area contributed by atoms with Crippen molar-refractivity contribution in [3.8, 4) is 0 Å². The summed E-state index contributed by atoms with van der Waals surface area (Å²) >= 11 is 0. The molecular weight excluding hydrogens is 218 g/mol. The molecule has 0 spiro atoms. The summed E-state index contributed by atoms with van der Waals surface area (Å²) < 4.78 is 5.16. The van der Waals surface area contributed by atoms with Crippen molar-refractivity contribution >= 4 is 5.78 Å². The van der Waals surface area contributed by atoms with Gasteiger partial charge in [0.05, 0.1) is 0 Å². The molecular formula is C12H19N3O2. The van der Waals surface area contributed by atoms with Gasteiger partial charge in [0.15, 0.2) is 0 Å². The Morgan fingerprint density at radius 1 is 1.41 bits per heavy atom. The Morgan fingerprint density at radius 3 is 2.53 bits per heavy atom. The third-order valence-electron chi connectivity index (χ3n) is 3.37. The van der Waals surface area contributed by atoms with E-state index in [-0.39, 0.29) is 11.6 Å². The van der Waals surface area contributed by atoms with Crippen LogP contribution in [0.2, 0.25) is 0 Å². The fraction of sp³-hybridized carbons (Fsp3) is 0.750. The Balaban J connectivity index is 1.98. The molecule has 0 radical (unpaired) electrons. The highest BCUT2D eigenvalue weighted by molar-refractivity contribution is 5.89. The summed E-state index contributed by atoms with van der Waals surface area (Å²) in [6.07, 6.45) is 2.05. The maximum Gasteiger partial charge on any atom is 0.238 e. The standard InChI is InChI=1S/C12H19N3O2/c1-8(2)15-6-4-10(5-7-15)12-13-11(9(3)16)14-17-12/h8,10H,4-7H2,1-3H3. The van der Waals surface area contributed by atoms with Crippen LogP contribution in [0.1, 0.15) is 56.0 Å². The van der Waals surface area contributed by atoms with Crippen molar-refractivity contribution in [1.29, 1.82) is 0 Å². The lowest BCUT2D eigenvalue weighted by molar-refractivity contribution is 0.100. The van der Waals surface area contributed by atoms with Crippen LogP contribution in [0.3, 0.4) is 0 Å². The van der Waals surface area contributed by atoms with Gasteiger partial charge in [0.2, 0.25) is 17.5 Å². The molecule has 0 amide bonds. The number of aromatic nitrogens is 2. The van der Waals surface area contributed by atoms with E-state index >= 15 is 0 Å². The molecule has 0 atom stereocenters. The number of hydrogen-bond donors (Lipinski definition) is 0. The highest BCUT2D eigenvalue weighted by atomic mass is 16.5. The molecule has 5 nitrogen and oxygen atoms in total. The van der Waals surface area contributed by atoms with Gasteiger partial charge in [0, 0.05) is 18.9 Å². The number of rotatable bonds is 3. The van der Waals surface area contributed by atoms with Crippen molar-refractivity contribution in [3.63, 3.8) is 0 Å². The van der Waals surface area contributed by atoms with E-state index in [0.29, 0.717) is 17.9 Å². The third kappa shape index (κ3) is 2.72. The van der Waals surface area contributed by atoms with E-state index in [1.807, 2.05) is 0 Å². The van der Waals surface area contributed by atoms with Gasteiger partial charge in [0.25, 0.3) is 0 Å². The molecule has 0 aromatic carbocycles. The van der Waals surface area contributed by atoms with Gasteiger partial charge in [-0.2, -0.15) is 4.98 Å². The van der Waals surface area contributed by atoms with Gasteiger partial charge in [0.1, 0.15) is 0 Å². The first-order valence-electron chi connectivity index (χ1n) is 6.16. The zero-order valence-corrected chi connectivity index (χ0v) is 10.6. The van der Waals surface area contributed by atoms with Gasteiger partial charge in [-0.05, 0) is 39.8 Å². The summed E-state index contributed by atoms with van der Waals surface area (Å²) in [6, 6.07) is 0.589. The van der Waals surface area contributed by atoms with Crippen LogP contribution in [-0.2, 0) is 0 Å². The molecule has 0 unspecified atom stereocenters. The predicted octanol–water partition coefficient (Wildman–Crippen LogP) is 1.86. The van der Waals surface area contributed by atoms with E-state index in [0.717, 1.165) is 25.9 Å². The predicted molar refractivity (Wildman–Crippen MR) is 63.0 cm³/mol. The maximum atomic E-state index is 11.1. The minimum absolute atomic E-state index is 0.139. The molecule has 1 fully saturated rings. The first-order chi connectivity index (χ1) is 8.08. The van der Waals surface area contributed by atoms with Crippen molar-refractivity contribution in [2.75, 3.05) is 13.1 Å². The number of likely N-dealkylation sites (tertiary alicyclic amines) is 1. The summed E-state index contributed by atoms with van der Waals surface area (Å²) in [5.41, 5.74) is 0. The van der Waals surface area contributed by atoms with Crippen LogP contribution in [0.25, 0.3) is 0 Å². The summed E-state index contributed by atoms with van der Waals surface area (Å²) in [5.74, 6) is 0.995. The molecule has 0 bridgehead atoms. The molecule has 0 N–H and O–H groups in total. The molecule has 1 aromatic heterocycles. The van der Waals surface area contributed by atoms with E-state index in [9.17, 15) is 4.79 Å². The van der Waals surface area contributed by atoms with Gasteiger partial charge in [-0.3, -0.25) is 4.79 Å². The number of nitrogens with zero attached hydrogens (tertiary/aromatic N) is 3. The summed E-state index contributed by atoms with van der Waals surface area (Å²) in [5, 5.41) is 3.70. The Bertz CT molecular complexity index is 392. The van der Waals surface area contributed by atoms with Crippen molar-refractivity contribution < 1.29 is 9.32 Å². The zero-order valence-electron chi connectivity index (χ0n) is 10.6. The van der Waals surface area contributed by atoms with Gasteiger partial charge >= 0.3 is 0 Å². The summed E-state index contributed by atoms with van der Waals surface area (Å²) in [6.45, 7) is 7.98. The van der Waals surface area contributed by atoms with Crippen molar-refractivity contribution in [1.82, 2.24) is 15.0 Å². The normalized spacial score (nSPS) is 18.8. The Hall–Kier alpha value is -1.23. The van der Waals surface area contributed by atoms with Crippen LogP contribution >= 0.6 is 0 Å². The van der Waals surface area contributed by atoms with Crippen LogP contribution in [-0.4, -0.2) is 40.0 Å². The van der Waals surface area contributed by atoms with Crippen LogP contribution < -0.4 is 0 Å². The highest BCUT2D eigenvalue weighted by Crippen LogP contribution is 2.27. The van der Waals surface area contributed by atoms with Gasteiger partial charge in [-0.1, -0.05) is 5.16 Å². The fourth-order valence-electron chi connectivity index (χ4n) is 2.21. The molecule has 1 aromatic rings. The lowest BCUT2D eigenvalue weighted by Crippen LogP contribution is -2.37. The smallest absolute Gasteiger partial charge is 0.238 e. The van der Waals surface area contributed by atoms with Crippen molar-refractivity contribution in [2.45, 2.75) is 45.6 Å². The Morgan fingerprint density at radius 2 is 2.06 bits per heavy atom. The number of carbonyl (C=O) groups is 1. The third-order valence-corrected chi connectivity index (χ3v) is 3.37.